The fraction of sp³-hybridized carbons (Fsp3) is 0. The van der Waals surface area contributed by atoms with Crippen molar-refractivity contribution in [3.8, 4) is 22.5 Å². The van der Waals surface area contributed by atoms with E-state index in [1.807, 2.05) is 91.0 Å². The van der Waals surface area contributed by atoms with Crippen molar-refractivity contribution in [3.63, 3.8) is 0 Å². The van der Waals surface area contributed by atoms with Crippen LogP contribution in [0.25, 0.3) is 22.5 Å². The van der Waals surface area contributed by atoms with Crippen LogP contribution in [0.3, 0.4) is 0 Å². The molecular weight excluding hydrogens is 412 g/mol. The first-order valence-electron chi connectivity index (χ1n) is 8.82. The summed E-state index contributed by atoms with van der Waals surface area (Å²) in [5, 5.41) is 4.30. The summed E-state index contributed by atoms with van der Waals surface area (Å²) in [6.45, 7) is 0. The lowest BCUT2D eigenvalue weighted by molar-refractivity contribution is 1.13. The minimum absolute atomic E-state index is 0.452. The molecular formula is C23H17BrN4. The molecule has 4 nitrogen and oxygen atoms in total. The maximum Gasteiger partial charge on any atom is 0.244 e. The molecule has 0 saturated carbocycles. The standard InChI is InChI=1S/C23H17BrN4/c24-20-13-11-17(12-14-20)16-25-28-23-26-21(18-7-3-1-4-8-18)15-22(27-23)19-9-5-2-6-10-19/h1-16H,(H,26,27,28)/b25-16-. The van der Waals surface area contributed by atoms with Gasteiger partial charge in [-0.1, -0.05) is 88.7 Å². The number of hydrogen-bond donors (Lipinski definition) is 1. The van der Waals surface area contributed by atoms with Crippen molar-refractivity contribution in [2.45, 2.75) is 0 Å². The van der Waals surface area contributed by atoms with E-state index in [0.717, 1.165) is 32.6 Å². The number of anilines is 1. The van der Waals surface area contributed by atoms with Crippen LogP contribution in [0, 0.1) is 0 Å². The van der Waals surface area contributed by atoms with Gasteiger partial charge in [0.05, 0.1) is 17.6 Å². The molecule has 28 heavy (non-hydrogen) atoms. The Hall–Kier alpha value is -3.31. The highest BCUT2D eigenvalue weighted by Crippen LogP contribution is 2.25. The minimum atomic E-state index is 0.452. The largest absolute Gasteiger partial charge is 0.245 e. The van der Waals surface area contributed by atoms with Crippen molar-refractivity contribution < 1.29 is 0 Å². The van der Waals surface area contributed by atoms with E-state index >= 15 is 0 Å². The van der Waals surface area contributed by atoms with Crippen LogP contribution in [0.1, 0.15) is 5.56 Å². The molecule has 0 unspecified atom stereocenters. The summed E-state index contributed by atoms with van der Waals surface area (Å²) in [5.74, 6) is 0.452. The Morgan fingerprint density at radius 2 is 1.25 bits per heavy atom. The highest BCUT2D eigenvalue weighted by Gasteiger charge is 2.08. The van der Waals surface area contributed by atoms with Crippen LogP contribution in [0.15, 0.2) is 101 Å². The molecule has 0 spiro atoms. The van der Waals surface area contributed by atoms with Crippen LogP contribution < -0.4 is 5.43 Å². The van der Waals surface area contributed by atoms with Crippen LogP contribution in [0.4, 0.5) is 5.95 Å². The SMILES string of the molecule is Brc1ccc(/C=N\Nc2nc(-c3ccccc3)cc(-c3ccccc3)n2)cc1. The quantitative estimate of drug-likeness (QED) is 0.312. The summed E-state index contributed by atoms with van der Waals surface area (Å²) in [5.41, 5.74) is 7.69. The molecule has 0 saturated heterocycles. The van der Waals surface area contributed by atoms with Gasteiger partial charge in [0.1, 0.15) is 0 Å². The molecule has 1 aromatic heterocycles. The van der Waals surface area contributed by atoms with Gasteiger partial charge in [0.25, 0.3) is 0 Å². The van der Waals surface area contributed by atoms with E-state index in [-0.39, 0.29) is 0 Å². The van der Waals surface area contributed by atoms with Gasteiger partial charge in [-0.25, -0.2) is 15.4 Å². The lowest BCUT2D eigenvalue weighted by Gasteiger charge is -2.08. The molecule has 1 heterocycles. The van der Waals surface area contributed by atoms with E-state index < -0.39 is 0 Å². The molecule has 0 aliphatic rings. The smallest absolute Gasteiger partial charge is 0.244 e. The fourth-order valence-electron chi connectivity index (χ4n) is 2.72. The zero-order chi connectivity index (χ0) is 19.2. The molecule has 0 aliphatic carbocycles. The Kier molecular flexibility index (Phi) is 5.54. The zero-order valence-electron chi connectivity index (χ0n) is 15.0. The second kappa shape index (κ2) is 8.59. The van der Waals surface area contributed by atoms with Crippen molar-refractivity contribution in [2.24, 2.45) is 5.10 Å². The third-order valence-electron chi connectivity index (χ3n) is 4.11. The third-order valence-corrected chi connectivity index (χ3v) is 4.64. The molecule has 0 bridgehead atoms. The summed E-state index contributed by atoms with van der Waals surface area (Å²) in [6.07, 6.45) is 1.74. The number of benzene rings is 3. The van der Waals surface area contributed by atoms with E-state index in [9.17, 15) is 0 Å². The third kappa shape index (κ3) is 4.50. The number of nitrogens with zero attached hydrogens (tertiary/aromatic N) is 3. The van der Waals surface area contributed by atoms with Crippen molar-refractivity contribution in [1.29, 1.82) is 0 Å². The predicted molar refractivity (Wildman–Crippen MR) is 118 cm³/mol. The monoisotopic (exact) mass is 428 g/mol. The molecule has 0 fully saturated rings. The average molecular weight is 429 g/mol. The van der Waals surface area contributed by atoms with Gasteiger partial charge in [-0.05, 0) is 23.8 Å². The first-order chi connectivity index (χ1) is 13.8. The zero-order valence-corrected chi connectivity index (χ0v) is 16.5. The Morgan fingerprint density at radius 3 is 1.79 bits per heavy atom. The first-order valence-corrected chi connectivity index (χ1v) is 9.62. The van der Waals surface area contributed by atoms with Crippen molar-refractivity contribution in [2.75, 3.05) is 5.43 Å². The summed E-state index contributed by atoms with van der Waals surface area (Å²) < 4.78 is 1.03. The topological polar surface area (TPSA) is 50.2 Å². The molecule has 0 atom stereocenters. The second-order valence-corrected chi connectivity index (χ2v) is 7.03. The molecule has 1 N–H and O–H groups in total. The fourth-order valence-corrected chi connectivity index (χ4v) is 2.99. The Morgan fingerprint density at radius 1 is 0.714 bits per heavy atom. The van der Waals surface area contributed by atoms with Gasteiger partial charge in [0, 0.05) is 15.6 Å². The number of rotatable bonds is 5. The van der Waals surface area contributed by atoms with E-state index in [2.05, 4.69) is 36.4 Å². The van der Waals surface area contributed by atoms with Gasteiger partial charge in [-0.3, -0.25) is 0 Å². The molecule has 0 amide bonds. The summed E-state index contributed by atoms with van der Waals surface area (Å²) in [4.78, 5) is 9.26. The molecule has 5 heteroatoms. The number of nitrogens with one attached hydrogen (secondary N) is 1. The Balaban J connectivity index is 1.66. The van der Waals surface area contributed by atoms with Gasteiger partial charge in [-0.15, -0.1) is 0 Å². The second-order valence-electron chi connectivity index (χ2n) is 6.12. The molecule has 3 aromatic carbocycles. The highest BCUT2D eigenvalue weighted by molar-refractivity contribution is 9.10. The Labute approximate surface area is 172 Å². The van der Waals surface area contributed by atoms with Crippen LogP contribution in [-0.4, -0.2) is 16.2 Å². The molecule has 136 valence electrons. The van der Waals surface area contributed by atoms with E-state index in [1.54, 1.807) is 6.21 Å². The maximum absolute atomic E-state index is 4.63. The van der Waals surface area contributed by atoms with Crippen molar-refractivity contribution >= 4 is 28.1 Å². The minimum Gasteiger partial charge on any atom is -0.245 e. The summed E-state index contributed by atoms with van der Waals surface area (Å²) >= 11 is 3.43. The van der Waals surface area contributed by atoms with Crippen LogP contribution in [-0.2, 0) is 0 Å². The highest BCUT2D eigenvalue weighted by atomic mass is 79.9. The van der Waals surface area contributed by atoms with Crippen LogP contribution >= 0.6 is 15.9 Å². The lowest BCUT2D eigenvalue weighted by atomic mass is 10.1. The molecule has 4 rings (SSSR count). The van der Waals surface area contributed by atoms with E-state index in [4.69, 9.17) is 0 Å². The first kappa shape index (κ1) is 18.1. The van der Waals surface area contributed by atoms with Gasteiger partial charge < -0.3 is 0 Å². The number of halogens is 1. The normalized spacial score (nSPS) is 10.9. The molecule has 0 radical (unpaired) electrons. The summed E-state index contributed by atoms with van der Waals surface area (Å²) in [6, 6.07) is 30.0. The van der Waals surface area contributed by atoms with Gasteiger partial charge in [-0.2, -0.15) is 5.10 Å². The maximum atomic E-state index is 4.63. The number of aromatic nitrogens is 2. The van der Waals surface area contributed by atoms with E-state index in [0.29, 0.717) is 5.95 Å². The number of hydrogen-bond acceptors (Lipinski definition) is 4. The van der Waals surface area contributed by atoms with Gasteiger partial charge >= 0.3 is 0 Å². The molecule has 0 aliphatic heterocycles. The van der Waals surface area contributed by atoms with Crippen LogP contribution in [0.2, 0.25) is 0 Å². The number of hydrazone groups is 1. The van der Waals surface area contributed by atoms with Gasteiger partial charge in [0.15, 0.2) is 0 Å². The van der Waals surface area contributed by atoms with Crippen molar-refractivity contribution in [1.82, 2.24) is 9.97 Å². The van der Waals surface area contributed by atoms with Crippen LogP contribution in [0.5, 0.6) is 0 Å². The lowest BCUT2D eigenvalue weighted by Crippen LogP contribution is -2.00. The average Bonchev–Trinajstić information content (AvgIpc) is 2.76. The summed E-state index contributed by atoms with van der Waals surface area (Å²) in [7, 11) is 0. The molecule has 4 aromatic rings. The van der Waals surface area contributed by atoms with E-state index in [1.165, 1.54) is 0 Å². The predicted octanol–water partition coefficient (Wildman–Crippen LogP) is 6.02. The van der Waals surface area contributed by atoms with Gasteiger partial charge in [0.2, 0.25) is 5.95 Å². The Bertz CT molecular complexity index is 1020. The van der Waals surface area contributed by atoms with Crippen molar-refractivity contribution in [3.05, 3.63) is 101 Å².